The number of likely N-dealkylation sites (tertiary alicyclic amines) is 1. The van der Waals surface area contributed by atoms with Crippen LogP contribution in [0.15, 0.2) is 33.7 Å². The molecule has 148 valence electrons. The summed E-state index contributed by atoms with van der Waals surface area (Å²) in [6.45, 7) is 4.54. The van der Waals surface area contributed by atoms with Crippen LogP contribution in [0.4, 0.5) is 0 Å². The molecule has 1 aromatic carbocycles. The Hall–Kier alpha value is -1.77. The number of benzene rings is 1. The summed E-state index contributed by atoms with van der Waals surface area (Å²) in [5.74, 6) is 2.43. The van der Waals surface area contributed by atoms with E-state index in [0.29, 0.717) is 18.9 Å². The van der Waals surface area contributed by atoms with Gasteiger partial charge in [-0.3, -0.25) is 9.79 Å². The van der Waals surface area contributed by atoms with Gasteiger partial charge in [-0.25, -0.2) is 0 Å². The van der Waals surface area contributed by atoms with Crippen LogP contribution in [-0.4, -0.2) is 44.0 Å². The number of amides is 1. The van der Waals surface area contributed by atoms with Gasteiger partial charge in [-0.2, -0.15) is 0 Å². The van der Waals surface area contributed by atoms with Gasteiger partial charge in [0.2, 0.25) is 5.91 Å². The molecule has 0 saturated carbocycles. The van der Waals surface area contributed by atoms with Gasteiger partial charge < -0.3 is 20.0 Å². The van der Waals surface area contributed by atoms with Crippen molar-refractivity contribution in [2.45, 2.75) is 32.7 Å². The molecule has 0 unspecified atom stereocenters. The molecular formula is C20H29IN4O2. The van der Waals surface area contributed by atoms with E-state index in [0.717, 1.165) is 48.6 Å². The molecule has 0 atom stereocenters. The first-order valence-electron chi connectivity index (χ1n) is 9.25. The summed E-state index contributed by atoms with van der Waals surface area (Å²) in [4.78, 5) is 18.2. The summed E-state index contributed by atoms with van der Waals surface area (Å²) in [6.07, 6.45) is 2.64. The van der Waals surface area contributed by atoms with Gasteiger partial charge in [-0.1, -0.05) is 18.2 Å². The van der Waals surface area contributed by atoms with E-state index in [2.05, 4.69) is 33.5 Å². The Kier molecular flexibility index (Phi) is 7.94. The van der Waals surface area contributed by atoms with Crippen LogP contribution >= 0.6 is 24.0 Å². The largest absolute Gasteiger partial charge is 0.459 e. The van der Waals surface area contributed by atoms with Crippen LogP contribution in [0, 0.1) is 12.8 Å². The van der Waals surface area contributed by atoms with Crippen molar-refractivity contribution in [1.82, 2.24) is 15.5 Å². The van der Waals surface area contributed by atoms with Crippen molar-refractivity contribution in [3.63, 3.8) is 0 Å². The van der Waals surface area contributed by atoms with Crippen molar-refractivity contribution in [1.29, 1.82) is 0 Å². The number of halogens is 1. The fraction of sp³-hybridized carbons (Fsp3) is 0.500. The third-order valence-electron chi connectivity index (χ3n) is 5.23. The van der Waals surface area contributed by atoms with Gasteiger partial charge in [-0.15, -0.1) is 24.0 Å². The van der Waals surface area contributed by atoms with E-state index in [1.54, 1.807) is 7.05 Å². The minimum atomic E-state index is 0. The molecule has 1 fully saturated rings. The van der Waals surface area contributed by atoms with Crippen LogP contribution in [0.1, 0.15) is 30.6 Å². The summed E-state index contributed by atoms with van der Waals surface area (Å²) < 4.78 is 5.97. The zero-order valence-electron chi connectivity index (χ0n) is 16.2. The first-order valence-corrected chi connectivity index (χ1v) is 9.25. The minimum absolute atomic E-state index is 0. The number of rotatable bonds is 4. The predicted molar refractivity (Wildman–Crippen MR) is 120 cm³/mol. The first kappa shape index (κ1) is 21.5. The fourth-order valence-corrected chi connectivity index (χ4v) is 3.60. The Morgan fingerprint density at radius 3 is 2.63 bits per heavy atom. The highest BCUT2D eigenvalue weighted by Crippen LogP contribution is 2.25. The SMILES string of the molecule is CN=C(NCc1oc2ccccc2c1C)N1CCC(CC(=O)NC)CC1.I. The third-order valence-corrected chi connectivity index (χ3v) is 5.23. The Bertz CT molecular complexity index is 794. The first-order chi connectivity index (χ1) is 12.6. The van der Waals surface area contributed by atoms with E-state index >= 15 is 0 Å². The van der Waals surface area contributed by atoms with Crippen molar-refractivity contribution in [3.8, 4) is 0 Å². The maximum Gasteiger partial charge on any atom is 0.220 e. The molecule has 1 aliphatic heterocycles. The molecule has 3 rings (SSSR count). The Morgan fingerprint density at radius 2 is 2.00 bits per heavy atom. The molecule has 1 aliphatic rings. The van der Waals surface area contributed by atoms with Gasteiger partial charge in [0.05, 0.1) is 6.54 Å². The fourth-order valence-electron chi connectivity index (χ4n) is 3.60. The highest BCUT2D eigenvalue weighted by Gasteiger charge is 2.23. The molecule has 0 spiro atoms. The van der Waals surface area contributed by atoms with Gasteiger partial charge in [-0.05, 0) is 31.7 Å². The molecule has 1 amide bonds. The highest BCUT2D eigenvalue weighted by atomic mass is 127. The third kappa shape index (κ3) is 5.15. The van der Waals surface area contributed by atoms with Gasteiger partial charge in [0, 0.05) is 44.6 Å². The second-order valence-corrected chi connectivity index (χ2v) is 6.85. The van der Waals surface area contributed by atoms with Gasteiger partial charge in [0.25, 0.3) is 0 Å². The number of hydrogen-bond acceptors (Lipinski definition) is 3. The predicted octanol–water partition coefficient (Wildman–Crippen LogP) is 3.28. The molecular weight excluding hydrogens is 455 g/mol. The lowest BCUT2D eigenvalue weighted by atomic mass is 9.93. The molecule has 0 radical (unpaired) electrons. The zero-order chi connectivity index (χ0) is 18.5. The molecule has 6 nitrogen and oxygen atoms in total. The van der Waals surface area contributed by atoms with Crippen molar-refractivity contribution >= 4 is 46.8 Å². The highest BCUT2D eigenvalue weighted by molar-refractivity contribution is 14.0. The second-order valence-electron chi connectivity index (χ2n) is 6.85. The number of para-hydroxylation sites is 1. The van der Waals surface area contributed by atoms with Gasteiger partial charge in [0.15, 0.2) is 5.96 Å². The quantitative estimate of drug-likeness (QED) is 0.397. The van der Waals surface area contributed by atoms with E-state index in [1.165, 1.54) is 5.56 Å². The Morgan fingerprint density at radius 1 is 1.30 bits per heavy atom. The van der Waals surface area contributed by atoms with Crippen molar-refractivity contribution in [2.75, 3.05) is 27.2 Å². The number of nitrogens with zero attached hydrogens (tertiary/aromatic N) is 2. The number of piperidine rings is 1. The maximum atomic E-state index is 11.5. The standard InChI is InChI=1S/C20H28N4O2.HI/c1-14-16-6-4-5-7-17(16)26-18(14)13-23-20(22-3)24-10-8-15(9-11-24)12-19(25)21-2;/h4-7,15H,8-13H2,1-3H3,(H,21,25)(H,22,23);1H. The normalized spacial score (nSPS) is 15.5. The lowest BCUT2D eigenvalue weighted by Crippen LogP contribution is -2.45. The number of aryl methyl sites for hydroxylation is 1. The molecule has 1 aromatic heterocycles. The summed E-state index contributed by atoms with van der Waals surface area (Å²) >= 11 is 0. The number of hydrogen-bond donors (Lipinski definition) is 2. The number of aliphatic imine (C=N–C) groups is 1. The van der Waals surface area contributed by atoms with E-state index < -0.39 is 0 Å². The van der Waals surface area contributed by atoms with E-state index in [9.17, 15) is 4.79 Å². The zero-order valence-corrected chi connectivity index (χ0v) is 18.6. The molecule has 2 aromatic rings. The summed E-state index contributed by atoms with van der Waals surface area (Å²) in [5.41, 5.74) is 2.10. The average molecular weight is 484 g/mol. The Balaban J connectivity index is 0.00000261. The van der Waals surface area contributed by atoms with Crippen LogP contribution in [0.2, 0.25) is 0 Å². The molecule has 1 saturated heterocycles. The number of carbonyl (C=O) groups is 1. The van der Waals surface area contributed by atoms with Crippen LogP contribution in [-0.2, 0) is 11.3 Å². The minimum Gasteiger partial charge on any atom is -0.459 e. The Labute approximate surface area is 177 Å². The van der Waals surface area contributed by atoms with Crippen molar-refractivity contribution < 1.29 is 9.21 Å². The molecule has 2 N–H and O–H groups in total. The monoisotopic (exact) mass is 484 g/mol. The number of carbonyl (C=O) groups excluding carboxylic acids is 1. The lowest BCUT2D eigenvalue weighted by molar-refractivity contribution is -0.121. The van der Waals surface area contributed by atoms with Gasteiger partial charge in [0.1, 0.15) is 11.3 Å². The average Bonchev–Trinajstić information content (AvgIpc) is 2.99. The number of fused-ring (bicyclic) bond motifs is 1. The van der Waals surface area contributed by atoms with Crippen LogP contribution in [0.25, 0.3) is 11.0 Å². The molecule has 0 bridgehead atoms. The van der Waals surface area contributed by atoms with Crippen molar-refractivity contribution in [3.05, 3.63) is 35.6 Å². The maximum absolute atomic E-state index is 11.5. The van der Waals surface area contributed by atoms with Crippen LogP contribution in [0.5, 0.6) is 0 Å². The molecule has 2 heterocycles. The lowest BCUT2D eigenvalue weighted by Gasteiger charge is -2.34. The van der Waals surface area contributed by atoms with Gasteiger partial charge >= 0.3 is 0 Å². The number of guanidine groups is 1. The van der Waals surface area contributed by atoms with Crippen molar-refractivity contribution in [2.24, 2.45) is 10.9 Å². The summed E-state index contributed by atoms with van der Waals surface area (Å²) in [6, 6.07) is 8.11. The molecule has 27 heavy (non-hydrogen) atoms. The summed E-state index contributed by atoms with van der Waals surface area (Å²) in [5, 5.41) is 7.30. The smallest absolute Gasteiger partial charge is 0.220 e. The molecule has 7 heteroatoms. The van der Waals surface area contributed by atoms with E-state index in [4.69, 9.17) is 4.42 Å². The van der Waals surface area contributed by atoms with Crippen LogP contribution in [0.3, 0.4) is 0 Å². The number of furan rings is 1. The number of nitrogens with one attached hydrogen (secondary N) is 2. The topological polar surface area (TPSA) is 69.9 Å². The second kappa shape index (κ2) is 9.96. The summed E-state index contributed by atoms with van der Waals surface area (Å²) in [7, 11) is 3.51. The van der Waals surface area contributed by atoms with E-state index in [1.807, 2.05) is 25.2 Å². The van der Waals surface area contributed by atoms with Crippen LogP contribution < -0.4 is 10.6 Å². The molecule has 0 aliphatic carbocycles. The van der Waals surface area contributed by atoms with E-state index in [-0.39, 0.29) is 29.9 Å².